The maximum absolute atomic E-state index is 10.2. The molecule has 0 aromatic heterocycles. The van der Waals surface area contributed by atoms with Crippen LogP contribution in [0.25, 0.3) is 0 Å². The Labute approximate surface area is 23.4 Å². The highest BCUT2D eigenvalue weighted by Gasteiger charge is 1.62. The summed E-state index contributed by atoms with van der Waals surface area (Å²) in [5.41, 5.74) is 0. The van der Waals surface area contributed by atoms with Gasteiger partial charge in [0.15, 0.2) is 0 Å². The Kier molecular flexibility index (Phi) is 0.759. The highest BCUT2D eigenvalue weighted by Crippen LogP contribution is 1.72. The van der Waals surface area contributed by atoms with Crippen LogP contribution in [-0.4, -0.2) is 5.11 Å². The zero-order valence-electron chi connectivity index (χ0n) is 1.90. The van der Waals surface area contributed by atoms with Crippen molar-refractivity contribution in [2.45, 2.75) is 0 Å². The summed E-state index contributed by atoms with van der Waals surface area (Å²) < 4.78 is 10.2. The molecule has 0 saturated carbocycles. The maximum atomic E-state index is 10.2. The third-order valence-electron chi connectivity index (χ3n) is 0. The monoisotopic (exact) mass is 61.0 g/mol. The van der Waals surface area contributed by atoms with Crippen molar-refractivity contribution < 1.29 is 9.50 Å². The molecule has 0 aliphatic carbocycles. The predicted molar refractivity (Wildman–Crippen MR) is 11.5 cm³/mol. The van der Waals surface area contributed by atoms with Gasteiger partial charge in [0.1, 0.15) is 0 Å². The molecule has 0 atom stereocenters. The van der Waals surface area contributed by atoms with Gasteiger partial charge >= 0.3 is 0 Å². The van der Waals surface area contributed by atoms with Gasteiger partial charge in [-0.25, -0.2) is 0 Å². The van der Waals surface area contributed by atoms with Crippen LogP contribution >= 0.6 is 0 Å². The fraction of sp³-hybridized carbons (Fsp3) is 0. The number of rotatable bonds is 0. The summed E-state index contributed by atoms with van der Waals surface area (Å²) in [6, 6.07) is -1.58. The average molecular weight is 61.0 g/mol. The molecule has 0 aromatic rings. The SMILES string of the molecule is [CH]=C(O)F. The zero-order valence-corrected chi connectivity index (χ0v) is 1.90. The van der Waals surface area contributed by atoms with E-state index in [-0.39, 0.29) is 0 Å². The Morgan fingerprint density at radius 1 is 2.00 bits per heavy atom. The molecule has 0 rings (SSSR count). The van der Waals surface area contributed by atoms with Crippen molar-refractivity contribution in [2.24, 2.45) is 0 Å². The molecule has 4 heavy (non-hydrogen) atoms. The summed E-state index contributed by atoms with van der Waals surface area (Å²) >= 11 is 0. The summed E-state index contributed by atoms with van der Waals surface area (Å²) in [4.78, 5) is 0. The van der Waals surface area contributed by atoms with Crippen molar-refractivity contribution in [1.82, 2.24) is 0 Å². The van der Waals surface area contributed by atoms with Crippen LogP contribution in [0.4, 0.5) is 4.39 Å². The van der Waals surface area contributed by atoms with Crippen LogP contribution < -0.4 is 0 Å². The van der Waals surface area contributed by atoms with Crippen molar-refractivity contribution in [3.8, 4) is 0 Å². The zero-order chi connectivity index (χ0) is 3.58. The molecule has 0 saturated heterocycles. The average Bonchev–Trinajstić information content (AvgIpc) is 0.811. The molecule has 1 N–H and O–H groups in total. The minimum atomic E-state index is -1.58. The van der Waals surface area contributed by atoms with Gasteiger partial charge in [0, 0.05) is 6.58 Å². The summed E-state index contributed by atoms with van der Waals surface area (Å²) in [6.07, 6.45) is 0. The van der Waals surface area contributed by atoms with E-state index in [1.54, 1.807) is 0 Å². The summed E-state index contributed by atoms with van der Waals surface area (Å²) in [7, 11) is 0. The highest BCUT2D eigenvalue weighted by atomic mass is 19.1. The van der Waals surface area contributed by atoms with Crippen LogP contribution in [-0.2, 0) is 0 Å². The van der Waals surface area contributed by atoms with Gasteiger partial charge in [-0.1, -0.05) is 0 Å². The Morgan fingerprint density at radius 2 is 2.00 bits per heavy atom. The number of hydrogen-bond acceptors (Lipinski definition) is 1. The van der Waals surface area contributed by atoms with Crippen molar-refractivity contribution in [2.75, 3.05) is 0 Å². The van der Waals surface area contributed by atoms with Crippen LogP contribution in [0.1, 0.15) is 0 Å². The molecule has 0 heterocycles. The number of halogens is 1. The van der Waals surface area contributed by atoms with Gasteiger partial charge in [-0.15, -0.1) is 0 Å². The van der Waals surface area contributed by atoms with E-state index < -0.39 is 6.01 Å². The van der Waals surface area contributed by atoms with Crippen LogP contribution in [0.2, 0.25) is 0 Å². The lowest BCUT2D eigenvalue weighted by molar-refractivity contribution is 0.284. The van der Waals surface area contributed by atoms with Gasteiger partial charge < -0.3 is 5.11 Å². The van der Waals surface area contributed by atoms with Gasteiger partial charge in [-0.3, -0.25) is 0 Å². The second kappa shape index (κ2) is 0.875. The molecule has 0 amide bonds. The van der Waals surface area contributed by atoms with Crippen LogP contribution in [0.15, 0.2) is 6.01 Å². The quantitative estimate of drug-likeness (QED) is 0.410. The van der Waals surface area contributed by atoms with Crippen LogP contribution in [0, 0.1) is 6.58 Å². The first-order valence-corrected chi connectivity index (χ1v) is 0.701. The molecule has 0 spiro atoms. The molecule has 0 unspecified atom stereocenters. The Bertz CT molecular complexity index is 29.0. The topological polar surface area (TPSA) is 20.2 Å². The van der Waals surface area contributed by atoms with Crippen molar-refractivity contribution >= 4 is 0 Å². The van der Waals surface area contributed by atoms with E-state index in [2.05, 4.69) is 6.58 Å². The third kappa shape index (κ3) is 1.16. The molecule has 0 bridgehead atoms. The van der Waals surface area contributed by atoms with Gasteiger partial charge in [-0.2, -0.15) is 4.39 Å². The standard InChI is InChI=1S/C2H2FO/c1-2(3)4/h1,4H. The lowest BCUT2D eigenvalue weighted by Crippen LogP contribution is -1.50. The summed E-state index contributed by atoms with van der Waals surface area (Å²) in [5, 5.41) is 7.08. The largest absolute Gasteiger partial charge is 0.486 e. The Hall–Kier alpha value is -0.530. The van der Waals surface area contributed by atoms with E-state index in [9.17, 15) is 4.39 Å². The Morgan fingerprint density at radius 3 is 2.00 bits per heavy atom. The number of aliphatic hydroxyl groups is 1. The first kappa shape index (κ1) is 3.47. The smallest absolute Gasteiger partial charge is 0.270 e. The molecule has 23 valence electrons. The molecule has 0 aliphatic heterocycles. The normalized spacial score (nSPS) is 6.25. The van der Waals surface area contributed by atoms with E-state index in [0.717, 1.165) is 0 Å². The second-order valence-electron chi connectivity index (χ2n) is 0.323. The Balaban J connectivity index is 2.80. The van der Waals surface area contributed by atoms with Crippen LogP contribution in [0.5, 0.6) is 0 Å². The number of aliphatic hydroxyl groups excluding tert-OH is 1. The lowest BCUT2D eigenvalue weighted by atomic mass is 11.1. The first-order chi connectivity index (χ1) is 1.73. The molecule has 1 radical (unpaired) electrons. The van der Waals surface area contributed by atoms with E-state index in [1.807, 2.05) is 0 Å². The fourth-order valence-electron chi connectivity index (χ4n) is 0. The van der Waals surface area contributed by atoms with Crippen LogP contribution in [0.3, 0.4) is 0 Å². The first-order valence-electron chi connectivity index (χ1n) is 0.701. The van der Waals surface area contributed by atoms with Gasteiger partial charge in [0.2, 0.25) is 0 Å². The highest BCUT2D eigenvalue weighted by molar-refractivity contribution is 4.49. The molecule has 0 fully saturated rings. The number of hydrogen-bond donors (Lipinski definition) is 1. The molecule has 2 heteroatoms. The van der Waals surface area contributed by atoms with Crippen molar-refractivity contribution in [3.63, 3.8) is 0 Å². The molecular weight excluding hydrogens is 59.0 g/mol. The fourth-order valence-corrected chi connectivity index (χ4v) is 0. The van der Waals surface area contributed by atoms with E-state index in [0.29, 0.717) is 0 Å². The minimum absolute atomic E-state index is 1.58. The van der Waals surface area contributed by atoms with Crippen molar-refractivity contribution in [1.29, 1.82) is 0 Å². The summed E-state index contributed by atoms with van der Waals surface area (Å²) in [6.45, 7) is 3.92. The van der Waals surface area contributed by atoms with E-state index in [4.69, 9.17) is 5.11 Å². The summed E-state index contributed by atoms with van der Waals surface area (Å²) in [5.74, 6) is 0. The maximum Gasteiger partial charge on any atom is 0.270 e. The van der Waals surface area contributed by atoms with E-state index >= 15 is 0 Å². The predicted octanol–water partition coefficient (Wildman–Crippen LogP) is 0.788. The van der Waals surface area contributed by atoms with Gasteiger partial charge in [0.05, 0.1) is 0 Å². The minimum Gasteiger partial charge on any atom is -0.486 e. The van der Waals surface area contributed by atoms with Gasteiger partial charge in [-0.05, 0) is 0 Å². The molecular formula is C2H2FO. The van der Waals surface area contributed by atoms with Gasteiger partial charge in [0.25, 0.3) is 6.01 Å². The van der Waals surface area contributed by atoms with E-state index in [1.165, 1.54) is 0 Å². The molecule has 0 aliphatic rings. The molecule has 1 nitrogen and oxygen atoms in total. The second-order valence-corrected chi connectivity index (χ2v) is 0.323. The third-order valence-corrected chi connectivity index (χ3v) is 0. The lowest BCUT2D eigenvalue weighted by Gasteiger charge is -1.61. The molecule has 0 aromatic carbocycles. The van der Waals surface area contributed by atoms with Crippen molar-refractivity contribution in [3.05, 3.63) is 12.6 Å².